The van der Waals surface area contributed by atoms with E-state index >= 15 is 0 Å². The lowest BCUT2D eigenvalue weighted by atomic mass is 9.85. The molecule has 1 fully saturated rings. The molecule has 18 heavy (non-hydrogen) atoms. The highest BCUT2D eigenvalue weighted by atomic mass is 32.1. The molecule has 1 aliphatic carbocycles. The van der Waals surface area contributed by atoms with E-state index in [4.69, 9.17) is 22.4 Å². The number of nitrogens with two attached hydrogens (primary N) is 1. The monoisotopic (exact) mass is 266 g/mol. The molecule has 1 aromatic rings. The normalized spacial score (nSPS) is 17.6. The minimum atomic E-state index is -0.642. The largest absolute Gasteiger partial charge is 0.465 e. The van der Waals surface area contributed by atoms with Crippen molar-refractivity contribution in [1.82, 2.24) is 5.32 Å². The quantitative estimate of drug-likeness (QED) is 0.818. The summed E-state index contributed by atoms with van der Waals surface area (Å²) < 4.78 is 5.41. The maximum atomic E-state index is 12.3. The molecule has 1 saturated carbocycles. The van der Waals surface area contributed by atoms with E-state index in [1.807, 2.05) is 19.1 Å². The summed E-state index contributed by atoms with van der Waals surface area (Å²) in [6, 6.07) is 3.73. The lowest BCUT2D eigenvalue weighted by molar-refractivity contribution is -0.127. The van der Waals surface area contributed by atoms with Gasteiger partial charge in [0.15, 0.2) is 0 Å². The van der Waals surface area contributed by atoms with Crippen molar-refractivity contribution in [2.24, 2.45) is 11.1 Å². The summed E-state index contributed by atoms with van der Waals surface area (Å²) >= 11 is 5.07. The molecule has 0 atom stereocenters. The number of furan rings is 1. The number of hydrogen-bond acceptors (Lipinski definition) is 3. The smallest absolute Gasteiger partial charge is 0.233 e. The highest BCUT2D eigenvalue weighted by Crippen LogP contribution is 2.38. The molecule has 0 unspecified atom stereocenters. The standard InChI is InChI=1S/C13H18N2O2S/c1-9-4-5-10(17-9)8-15-12(16)13(11(14)18)6-2-3-7-13/h4-5H,2-3,6-8H2,1H3,(H2,14,18)(H,15,16). The molecule has 5 heteroatoms. The summed E-state index contributed by atoms with van der Waals surface area (Å²) in [5.41, 5.74) is 5.11. The Morgan fingerprint density at radius 2 is 2.17 bits per heavy atom. The zero-order valence-corrected chi connectivity index (χ0v) is 11.3. The third-order valence-electron chi connectivity index (χ3n) is 3.58. The van der Waals surface area contributed by atoms with Gasteiger partial charge < -0.3 is 15.5 Å². The number of rotatable bonds is 4. The molecule has 3 N–H and O–H groups in total. The minimum absolute atomic E-state index is 0.0680. The lowest BCUT2D eigenvalue weighted by Crippen LogP contribution is -2.46. The number of carbonyl (C=O) groups is 1. The first-order valence-electron chi connectivity index (χ1n) is 6.18. The number of carbonyl (C=O) groups excluding carboxylic acids is 1. The topological polar surface area (TPSA) is 68.3 Å². The Balaban J connectivity index is 2.00. The SMILES string of the molecule is Cc1ccc(CNC(=O)C2(C(N)=S)CCCC2)o1. The Labute approximate surface area is 112 Å². The average Bonchev–Trinajstić information content (AvgIpc) is 2.95. The lowest BCUT2D eigenvalue weighted by Gasteiger charge is -2.25. The number of thiocarbonyl (C=S) groups is 1. The molecule has 1 amide bonds. The minimum Gasteiger partial charge on any atom is -0.465 e. The summed E-state index contributed by atoms with van der Waals surface area (Å²) in [5.74, 6) is 1.52. The van der Waals surface area contributed by atoms with Crippen LogP contribution in [-0.2, 0) is 11.3 Å². The van der Waals surface area contributed by atoms with Crippen molar-refractivity contribution in [1.29, 1.82) is 0 Å². The third kappa shape index (κ3) is 2.41. The van der Waals surface area contributed by atoms with Crippen LogP contribution in [0.25, 0.3) is 0 Å². The highest BCUT2D eigenvalue weighted by Gasteiger charge is 2.43. The first kappa shape index (κ1) is 13.1. The van der Waals surface area contributed by atoms with E-state index in [9.17, 15) is 4.79 Å². The van der Waals surface area contributed by atoms with Gasteiger partial charge >= 0.3 is 0 Å². The van der Waals surface area contributed by atoms with E-state index in [0.717, 1.165) is 37.2 Å². The van der Waals surface area contributed by atoms with Gasteiger partial charge in [-0.3, -0.25) is 4.79 Å². The van der Waals surface area contributed by atoms with Crippen LogP contribution >= 0.6 is 12.2 Å². The molecular weight excluding hydrogens is 248 g/mol. The van der Waals surface area contributed by atoms with Gasteiger partial charge in [0.2, 0.25) is 5.91 Å². The predicted molar refractivity (Wildman–Crippen MR) is 73.0 cm³/mol. The third-order valence-corrected chi connectivity index (χ3v) is 3.97. The maximum Gasteiger partial charge on any atom is 0.233 e. The van der Waals surface area contributed by atoms with Gasteiger partial charge in [-0.15, -0.1) is 0 Å². The zero-order valence-electron chi connectivity index (χ0n) is 10.5. The van der Waals surface area contributed by atoms with Crippen LogP contribution in [0, 0.1) is 12.3 Å². The van der Waals surface area contributed by atoms with Crippen molar-refractivity contribution in [3.05, 3.63) is 23.7 Å². The Hall–Kier alpha value is -1.36. The number of nitrogens with one attached hydrogen (secondary N) is 1. The summed E-state index contributed by atoms with van der Waals surface area (Å²) in [7, 11) is 0. The fourth-order valence-corrected chi connectivity index (χ4v) is 2.78. The number of hydrogen-bond donors (Lipinski definition) is 2. The number of amides is 1. The Kier molecular flexibility index (Phi) is 3.71. The molecule has 98 valence electrons. The van der Waals surface area contributed by atoms with E-state index in [-0.39, 0.29) is 5.91 Å². The van der Waals surface area contributed by atoms with Crippen molar-refractivity contribution in [3.8, 4) is 0 Å². The van der Waals surface area contributed by atoms with Crippen LogP contribution < -0.4 is 11.1 Å². The Morgan fingerprint density at radius 3 is 2.67 bits per heavy atom. The second-order valence-electron chi connectivity index (χ2n) is 4.85. The summed E-state index contributed by atoms with van der Waals surface area (Å²) in [6.07, 6.45) is 3.52. The van der Waals surface area contributed by atoms with Gasteiger partial charge in [0, 0.05) is 0 Å². The van der Waals surface area contributed by atoms with Crippen molar-refractivity contribution in [3.63, 3.8) is 0 Å². The van der Waals surface area contributed by atoms with E-state index in [1.54, 1.807) is 0 Å². The number of aryl methyl sites for hydroxylation is 1. The maximum absolute atomic E-state index is 12.3. The average molecular weight is 266 g/mol. The first-order chi connectivity index (χ1) is 8.54. The molecule has 0 bridgehead atoms. The van der Waals surface area contributed by atoms with Gasteiger partial charge in [-0.2, -0.15) is 0 Å². The zero-order chi connectivity index (χ0) is 13.2. The van der Waals surface area contributed by atoms with Crippen LogP contribution in [0.5, 0.6) is 0 Å². The molecule has 1 aromatic heterocycles. The van der Waals surface area contributed by atoms with Crippen molar-refractivity contribution >= 4 is 23.1 Å². The van der Waals surface area contributed by atoms with Crippen molar-refractivity contribution in [2.75, 3.05) is 0 Å². The van der Waals surface area contributed by atoms with Gasteiger partial charge in [-0.25, -0.2) is 0 Å². The van der Waals surface area contributed by atoms with E-state index in [0.29, 0.717) is 11.5 Å². The second kappa shape index (κ2) is 5.10. The Morgan fingerprint density at radius 1 is 1.50 bits per heavy atom. The first-order valence-corrected chi connectivity index (χ1v) is 6.59. The Bertz CT molecular complexity index is 461. The molecule has 0 aromatic carbocycles. The van der Waals surface area contributed by atoms with E-state index < -0.39 is 5.41 Å². The molecule has 2 rings (SSSR count). The fraction of sp³-hybridized carbons (Fsp3) is 0.538. The summed E-state index contributed by atoms with van der Waals surface area (Å²) in [6.45, 7) is 2.26. The fourth-order valence-electron chi connectivity index (χ4n) is 2.48. The summed E-state index contributed by atoms with van der Waals surface area (Å²) in [5, 5.41) is 2.88. The molecule has 1 aliphatic rings. The van der Waals surface area contributed by atoms with Crippen LogP contribution in [-0.4, -0.2) is 10.9 Å². The molecule has 0 spiro atoms. The van der Waals surface area contributed by atoms with Gasteiger partial charge in [-0.1, -0.05) is 25.1 Å². The molecule has 4 nitrogen and oxygen atoms in total. The van der Waals surface area contributed by atoms with Gasteiger partial charge in [0.1, 0.15) is 11.5 Å². The summed E-state index contributed by atoms with van der Waals surface area (Å²) in [4.78, 5) is 12.6. The molecule has 0 saturated heterocycles. The van der Waals surface area contributed by atoms with E-state index in [1.165, 1.54) is 0 Å². The van der Waals surface area contributed by atoms with Gasteiger partial charge in [0.25, 0.3) is 0 Å². The van der Waals surface area contributed by atoms with Crippen LogP contribution in [0.15, 0.2) is 16.5 Å². The predicted octanol–water partition coefficient (Wildman–Crippen LogP) is 2.05. The van der Waals surface area contributed by atoms with Gasteiger partial charge in [0.05, 0.1) is 16.9 Å². The van der Waals surface area contributed by atoms with Crippen LogP contribution in [0.3, 0.4) is 0 Å². The van der Waals surface area contributed by atoms with E-state index in [2.05, 4.69) is 5.32 Å². The van der Waals surface area contributed by atoms with Crippen LogP contribution in [0.2, 0.25) is 0 Å². The highest BCUT2D eigenvalue weighted by molar-refractivity contribution is 7.80. The van der Waals surface area contributed by atoms with Crippen molar-refractivity contribution in [2.45, 2.75) is 39.2 Å². The molecule has 0 aliphatic heterocycles. The van der Waals surface area contributed by atoms with Crippen LogP contribution in [0.1, 0.15) is 37.2 Å². The molecule has 1 heterocycles. The van der Waals surface area contributed by atoms with Crippen molar-refractivity contribution < 1.29 is 9.21 Å². The molecular formula is C13H18N2O2S. The van der Waals surface area contributed by atoms with Crippen LogP contribution in [0.4, 0.5) is 0 Å². The molecule has 0 radical (unpaired) electrons. The second-order valence-corrected chi connectivity index (χ2v) is 5.29. The van der Waals surface area contributed by atoms with Gasteiger partial charge in [-0.05, 0) is 31.9 Å².